The first kappa shape index (κ1) is 10.6. The minimum atomic E-state index is -3.73. The Bertz CT molecular complexity index is 295. The monoisotopic (exact) mass is 202 g/mol. The van der Waals surface area contributed by atoms with Gasteiger partial charge in [0.2, 0.25) is 0 Å². The molecule has 0 bridgehead atoms. The molecule has 0 atom stereocenters. The third-order valence-corrected chi connectivity index (χ3v) is 1.46. The molecule has 0 spiro atoms. The molecule has 1 nitrogen and oxygen atoms in total. The third kappa shape index (κ3) is 3.51. The van der Waals surface area contributed by atoms with E-state index in [-0.39, 0.29) is 0 Å². The summed E-state index contributed by atoms with van der Waals surface area (Å²) in [4.78, 5) is 0. The normalized spacial score (nSPS) is 11.9. The molecule has 0 N–H and O–H groups in total. The number of ether oxygens (including phenoxy) is 1. The quantitative estimate of drug-likeness (QED) is 0.681. The van der Waals surface area contributed by atoms with Crippen molar-refractivity contribution in [3.8, 4) is 0 Å². The molecule has 0 fully saturated rings. The first-order chi connectivity index (χ1) is 6.64. The molecule has 0 saturated heterocycles. The molecule has 4 heteroatoms. The van der Waals surface area contributed by atoms with Crippen molar-refractivity contribution in [3.63, 3.8) is 0 Å². The molecule has 0 amide bonds. The van der Waals surface area contributed by atoms with Crippen molar-refractivity contribution < 1.29 is 17.9 Å². The summed E-state index contributed by atoms with van der Waals surface area (Å²) in [6.45, 7) is -1.83. The molecule has 0 aliphatic rings. The number of alkyl halides is 3. The second-order valence-electron chi connectivity index (χ2n) is 2.60. The van der Waals surface area contributed by atoms with Crippen LogP contribution in [0.5, 0.6) is 0 Å². The zero-order valence-electron chi connectivity index (χ0n) is 7.29. The molecule has 1 aromatic carbocycles. The van der Waals surface area contributed by atoms with Crippen LogP contribution in [0.3, 0.4) is 0 Å². The fourth-order valence-corrected chi connectivity index (χ4v) is 0.808. The molecule has 0 saturated carbocycles. The van der Waals surface area contributed by atoms with E-state index in [1.165, 1.54) is 6.08 Å². The molecule has 0 aliphatic carbocycles. The van der Waals surface area contributed by atoms with Crippen molar-refractivity contribution in [2.45, 2.75) is 6.11 Å². The molecule has 0 radical (unpaired) electrons. The largest absolute Gasteiger partial charge is 0.439 e. The first-order valence-corrected chi connectivity index (χ1v) is 3.97. The zero-order valence-corrected chi connectivity index (χ0v) is 7.29. The topological polar surface area (TPSA) is 9.23 Å². The van der Waals surface area contributed by atoms with Gasteiger partial charge in [0, 0.05) is 0 Å². The number of hydrogen-bond acceptors (Lipinski definition) is 1. The van der Waals surface area contributed by atoms with Gasteiger partial charge >= 0.3 is 6.11 Å². The number of hydrogen-bond donors (Lipinski definition) is 0. The number of benzene rings is 1. The van der Waals surface area contributed by atoms with E-state index in [0.29, 0.717) is 5.56 Å². The predicted octanol–water partition coefficient (Wildman–Crippen LogP) is 3.24. The average Bonchev–Trinajstić information content (AvgIpc) is 2.19. The van der Waals surface area contributed by atoms with Crippen LogP contribution in [-0.2, 0) is 4.74 Å². The lowest BCUT2D eigenvalue weighted by atomic mass is 10.2. The smallest absolute Gasteiger partial charge is 0.426 e. The van der Waals surface area contributed by atoms with Crippen LogP contribution in [0, 0.1) is 0 Å². The van der Waals surface area contributed by atoms with Crippen LogP contribution in [0.2, 0.25) is 0 Å². The second-order valence-corrected chi connectivity index (χ2v) is 2.60. The van der Waals surface area contributed by atoms with Crippen LogP contribution >= 0.6 is 0 Å². The van der Waals surface area contributed by atoms with Crippen LogP contribution in [0.4, 0.5) is 13.2 Å². The lowest BCUT2D eigenvalue weighted by Gasteiger charge is -2.09. The van der Waals surface area contributed by atoms with Gasteiger partial charge in [-0.15, -0.1) is 0 Å². The molecule has 0 aromatic heterocycles. The van der Waals surface area contributed by atoms with E-state index in [2.05, 4.69) is 4.74 Å². The fourth-order valence-electron chi connectivity index (χ4n) is 0.808. The predicted molar refractivity (Wildman–Crippen MR) is 47.5 cm³/mol. The van der Waals surface area contributed by atoms with Crippen molar-refractivity contribution >= 4 is 6.08 Å². The van der Waals surface area contributed by atoms with Gasteiger partial charge in [-0.2, -0.15) is 8.78 Å². The van der Waals surface area contributed by atoms with Crippen molar-refractivity contribution in [1.29, 1.82) is 0 Å². The van der Waals surface area contributed by atoms with Gasteiger partial charge in [-0.3, -0.25) is 0 Å². The highest BCUT2D eigenvalue weighted by Crippen LogP contribution is 2.16. The van der Waals surface area contributed by atoms with Crippen LogP contribution < -0.4 is 0 Å². The summed E-state index contributed by atoms with van der Waals surface area (Å²) in [5.41, 5.74) is 0.710. The standard InChI is InChI=1S/C10H9F3O/c11-8-10(12,13)14-7-6-9-4-2-1-3-5-9/h1-7H,8H2. The SMILES string of the molecule is FCC(F)(F)OC=Cc1ccccc1. The summed E-state index contributed by atoms with van der Waals surface area (Å²) in [7, 11) is 0. The van der Waals surface area contributed by atoms with Crippen LogP contribution in [0.15, 0.2) is 36.6 Å². The van der Waals surface area contributed by atoms with Crippen LogP contribution in [0.25, 0.3) is 6.08 Å². The molecule has 76 valence electrons. The maximum Gasteiger partial charge on any atom is 0.426 e. The third-order valence-electron chi connectivity index (χ3n) is 1.46. The van der Waals surface area contributed by atoms with Crippen molar-refractivity contribution in [2.75, 3.05) is 6.67 Å². The molecular weight excluding hydrogens is 193 g/mol. The Balaban J connectivity index is 2.50. The molecule has 1 aromatic rings. The summed E-state index contributed by atoms with van der Waals surface area (Å²) in [6, 6.07) is 8.75. The maximum absolute atomic E-state index is 12.2. The fraction of sp³-hybridized carbons (Fsp3) is 0.200. The van der Waals surface area contributed by atoms with E-state index >= 15 is 0 Å². The van der Waals surface area contributed by atoms with Crippen molar-refractivity contribution in [1.82, 2.24) is 0 Å². The Kier molecular flexibility index (Phi) is 3.56. The number of rotatable bonds is 4. The second kappa shape index (κ2) is 4.69. The summed E-state index contributed by atoms with van der Waals surface area (Å²) in [5, 5.41) is 0. The lowest BCUT2D eigenvalue weighted by molar-refractivity contribution is -0.212. The van der Waals surface area contributed by atoms with E-state index in [1.807, 2.05) is 0 Å². The van der Waals surface area contributed by atoms with Gasteiger partial charge in [-0.05, 0) is 11.6 Å². The molecule has 0 unspecified atom stereocenters. The Labute approximate surface area is 79.8 Å². The van der Waals surface area contributed by atoms with Crippen LogP contribution in [0.1, 0.15) is 5.56 Å². The lowest BCUT2D eigenvalue weighted by Crippen LogP contribution is -2.20. The Morgan fingerprint density at radius 1 is 1.21 bits per heavy atom. The summed E-state index contributed by atoms with van der Waals surface area (Å²) >= 11 is 0. The van der Waals surface area contributed by atoms with E-state index in [1.54, 1.807) is 30.3 Å². The van der Waals surface area contributed by atoms with E-state index < -0.39 is 12.8 Å². The van der Waals surface area contributed by atoms with E-state index in [4.69, 9.17) is 0 Å². The van der Waals surface area contributed by atoms with Gasteiger partial charge in [0.1, 0.15) is 0 Å². The Morgan fingerprint density at radius 2 is 1.86 bits per heavy atom. The minimum absolute atomic E-state index is 0.710. The van der Waals surface area contributed by atoms with Gasteiger partial charge in [0.25, 0.3) is 0 Å². The summed E-state index contributed by atoms with van der Waals surface area (Å²) in [6.07, 6.45) is -1.61. The first-order valence-electron chi connectivity index (χ1n) is 3.97. The maximum atomic E-state index is 12.2. The minimum Gasteiger partial charge on any atom is -0.439 e. The van der Waals surface area contributed by atoms with Crippen molar-refractivity contribution in [3.05, 3.63) is 42.2 Å². The molecule has 0 heterocycles. The van der Waals surface area contributed by atoms with Gasteiger partial charge in [-0.25, -0.2) is 4.39 Å². The highest BCUT2D eigenvalue weighted by molar-refractivity contribution is 5.47. The highest BCUT2D eigenvalue weighted by atomic mass is 19.3. The van der Waals surface area contributed by atoms with E-state index in [9.17, 15) is 13.2 Å². The molecule has 14 heavy (non-hydrogen) atoms. The Morgan fingerprint density at radius 3 is 2.43 bits per heavy atom. The molecule has 1 rings (SSSR count). The van der Waals surface area contributed by atoms with E-state index in [0.717, 1.165) is 6.26 Å². The highest BCUT2D eigenvalue weighted by Gasteiger charge is 2.29. The van der Waals surface area contributed by atoms with Gasteiger partial charge in [0.15, 0.2) is 6.67 Å². The van der Waals surface area contributed by atoms with Gasteiger partial charge in [0.05, 0.1) is 6.26 Å². The zero-order chi connectivity index (χ0) is 10.4. The average molecular weight is 202 g/mol. The molecule has 0 aliphatic heterocycles. The summed E-state index contributed by atoms with van der Waals surface area (Å²) in [5.74, 6) is 0. The molecular formula is C10H9F3O. The summed E-state index contributed by atoms with van der Waals surface area (Å²) < 4.78 is 39.9. The Hall–Kier alpha value is -1.45. The number of halogens is 3. The van der Waals surface area contributed by atoms with Crippen molar-refractivity contribution in [2.24, 2.45) is 0 Å². The van der Waals surface area contributed by atoms with Gasteiger partial charge in [-0.1, -0.05) is 30.3 Å². The van der Waals surface area contributed by atoms with Gasteiger partial charge < -0.3 is 4.74 Å². The van der Waals surface area contributed by atoms with Crippen LogP contribution in [-0.4, -0.2) is 12.8 Å².